The number of methoxy groups -OCH3 is 1. The van der Waals surface area contributed by atoms with Gasteiger partial charge in [0.15, 0.2) is 0 Å². The van der Waals surface area contributed by atoms with Crippen LogP contribution in [-0.2, 0) is 24.8 Å². The van der Waals surface area contributed by atoms with Gasteiger partial charge in [0, 0.05) is 22.8 Å². The molecule has 0 aromatic heterocycles. The van der Waals surface area contributed by atoms with Gasteiger partial charge in [0.2, 0.25) is 15.9 Å². The molecule has 0 spiro atoms. The number of ether oxygens (including phenoxy) is 1. The molecule has 0 saturated carbocycles. The van der Waals surface area contributed by atoms with Gasteiger partial charge in [0.1, 0.15) is 18.0 Å². The Bertz CT molecular complexity index is 1550. The number of rotatable bonds is 10. The number of nitro groups is 1. The topological polar surface area (TPSA) is 165 Å². The number of nitro benzene ring substituents is 1. The summed E-state index contributed by atoms with van der Waals surface area (Å²) in [7, 11) is -6.76. The van der Waals surface area contributed by atoms with Gasteiger partial charge in [0.05, 0.1) is 28.9 Å². The summed E-state index contributed by atoms with van der Waals surface area (Å²) in [6.07, 6.45) is 0.838. The second kappa shape index (κ2) is 11.0. The highest BCUT2D eigenvalue weighted by Gasteiger charge is 2.26. The fraction of sp³-hybridized carbons (Fsp3) is 0.136. The van der Waals surface area contributed by atoms with E-state index in [9.17, 15) is 31.7 Å². The molecule has 3 aromatic carbocycles. The molecular weight excluding hydrogens is 548 g/mol. The largest absolute Gasteiger partial charge is 0.495 e. The molecular formula is C22H21ClN4O8S2. The Kier molecular flexibility index (Phi) is 8.25. The first-order valence-electron chi connectivity index (χ1n) is 10.3. The number of halogens is 1. The van der Waals surface area contributed by atoms with Gasteiger partial charge in [-0.25, -0.2) is 16.8 Å². The molecule has 0 aliphatic heterocycles. The Labute approximate surface area is 218 Å². The number of carbonyl (C=O) groups excluding carboxylic acids is 1. The van der Waals surface area contributed by atoms with Crippen LogP contribution in [0, 0.1) is 10.1 Å². The van der Waals surface area contributed by atoms with E-state index < -0.39 is 43.1 Å². The summed E-state index contributed by atoms with van der Waals surface area (Å²) in [4.78, 5) is 23.0. The molecule has 0 aliphatic carbocycles. The molecule has 0 atom stereocenters. The van der Waals surface area contributed by atoms with E-state index in [1.54, 1.807) is 12.1 Å². The number of hydrogen-bond donors (Lipinski definition) is 2. The van der Waals surface area contributed by atoms with Crippen molar-refractivity contribution in [3.63, 3.8) is 0 Å². The molecule has 0 fully saturated rings. The van der Waals surface area contributed by atoms with E-state index >= 15 is 0 Å². The predicted octanol–water partition coefficient (Wildman–Crippen LogP) is 3.46. The normalized spacial score (nSPS) is 11.4. The standard InChI is InChI=1S/C22H21ClN4O8S2/c1-35-21-11-8-18(27(29)30)13-20(21)26(36(2,31)32)14-22(28)24-16-6-9-19(10-7-16)37(33,34)25-17-5-3-4-15(23)12-17/h3-13,25H,14H2,1-2H3,(H,24,28). The van der Waals surface area contributed by atoms with E-state index in [1.165, 1.54) is 49.6 Å². The third-order valence-electron chi connectivity index (χ3n) is 4.85. The van der Waals surface area contributed by atoms with Gasteiger partial charge in [-0.1, -0.05) is 17.7 Å². The summed E-state index contributed by atoms with van der Waals surface area (Å²) in [6.45, 7) is -0.729. The van der Waals surface area contributed by atoms with Crippen LogP contribution in [0.2, 0.25) is 5.02 Å². The van der Waals surface area contributed by atoms with Gasteiger partial charge < -0.3 is 10.1 Å². The number of anilines is 3. The van der Waals surface area contributed by atoms with Crippen LogP contribution in [0.5, 0.6) is 5.75 Å². The summed E-state index contributed by atoms with van der Waals surface area (Å²) < 4.78 is 58.3. The number of hydrogen-bond acceptors (Lipinski definition) is 8. The van der Waals surface area contributed by atoms with E-state index in [2.05, 4.69) is 10.0 Å². The minimum absolute atomic E-state index is 0.00517. The zero-order chi connectivity index (χ0) is 27.4. The number of non-ortho nitro benzene ring substituents is 1. The smallest absolute Gasteiger partial charge is 0.271 e. The molecule has 196 valence electrons. The van der Waals surface area contributed by atoms with E-state index in [1.807, 2.05) is 0 Å². The van der Waals surface area contributed by atoms with Crippen molar-refractivity contribution in [2.24, 2.45) is 0 Å². The number of nitrogens with zero attached hydrogens (tertiary/aromatic N) is 2. The van der Waals surface area contributed by atoms with Crippen LogP contribution < -0.4 is 19.1 Å². The fourth-order valence-corrected chi connectivity index (χ4v) is 5.27. The van der Waals surface area contributed by atoms with Crippen molar-refractivity contribution in [2.75, 3.05) is 34.3 Å². The van der Waals surface area contributed by atoms with Gasteiger partial charge in [-0.05, 0) is 48.5 Å². The summed E-state index contributed by atoms with van der Waals surface area (Å²) in [5, 5.41) is 14.0. The van der Waals surface area contributed by atoms with Crippen molar-refractivity contribution < 1.29 is 31.3 Å². The molecule has 37 heavy (non-hydrogen) atoms. The van der Waals surface area contributed by atoms with Gasteiger partial charge in [-0.3, -0.25) is 23.9 Å². The van der Waals surface area contributed by atoms with Crippen molar-refractivity contribution in [1.82, 2.24) is 0 Å². The summed E-state index contributed by atoms with van der Waals surface area (Å²) >= 11 is 5.88. The first-order chi connectivity index (χ1) is 17.3. The molecule has 12 nitrogen and oxygen atoms in total. The van der Waals surface area contributed by atoms with E-state index in [0.29, 0.717) is 9.33 Å². The molecule has 0 bridgehead atoms. The average Bonchev–Trinajstić information content (AvgIpc) is 2.81. The molecule has 0 aliphatic rings. The minimum atomic E-state index is -4.07. The first-order valence-corrected chi connectivity index (χ1v) is 14.0. The van der Waals surface area contributed by atoms with E-state index in [-0.39, 0.29) is 27.7 Å². The van der Waals surface area contributed by atoms with Crippen LogP contribution in [0.25, 0.3) is 0 Å². The monoisotopic (exact) mass is 568 g/mol. The lowest BCUT2D eigenvalue weighted by molar-refractivity contribution is -0.384. The van der Waals surface area contributed by atoms with Crippen LogP contribution >= 0.6 is 11.6 Å². The maximum Gasteiger partial charge on any atom is 0.271 e. The maximum absolute atomic E-state index is 12.7. The molecule has 0 radical (unpaired) electrons. The predicted molar refractivity (Wildman–Crippen MR) is 139 cm³/mol. The third kappa shape index (κ3) is 7.09. The lowest BCUT2D eigenvalue weighted by atomic mass is 10.2. The highest BCUT2D eigenvalue weighted by molar-refractivity contribution is 7.92. The quantitative estimate of drug-likeness (QED) is 0.277. The van der Waals surface area contributed by atoms with Gasteiger partial charge in [0.25, 0.3) is 15.7 Å². The molecule has 0 heterocycles. The number of nitrogens with one attached hydrogen (secondary N) is 2. The van der Waals surface area contributed by atoms with Crippen LogP contribution in [0.4, 0.5) is 22.7 Å². The van der Waals surface area contributed by atoms with Gasteiger partial charge in [-0.15, -0.1) is 0 Å². The van der Waals surface area contributed by atoms with E-state index in [4.69, 9.17) is 16.3 Å². The Morgan fingerprint density at radius 2 is 1.70 bits per heavy atom. The van der Waals surface area contributed by atoms with E-state index in [0.717, 1.165) is 18.4 Å². The van der Waals surface area contributed by atoms with Crippen LogP contribution in [-0.4, -0.2) is 47.6 Å². The highest BCUT2D eigenvalue weighted by Crippen LogP contribution is 2.33. The lowest BCUT2D eigenvalue weighted by Crippen LogP contribution is -2.37. The molecule has 0 unspecified atom stereocenters. The minimum Gasteiger partial charge on any atom is -0.495 e. The molecule has 1 amide bonds. The highest BCUT2D eigenvalue weighted by atomic mass is 35.5. The molecule has 2 N–H and O–H groups in total. The van der Waals surface area contributed by atoms with Crippen molar-refractivity contribution in [1.29, 1.82) is 0 Å². The molecule has 3 aromatic rings. The molecule has 0 saturated heterocycles. The van der Waals surface area contributed by atoms with Crippen molar-refractivity contribution in [3.8, 4) is 5.75 Å². The Morgan fingerprint density at radius 1 is 1.03 bits per heavy atom. The van der Waals surface area contributed by atoms with Gasteiger partial charge in [-0.2, -0.15) is 0 Å². The molecule has 3 rings (SSSR count). The van der Waals surface area contributed by atoms with Crippen LogP contribution in [0.1, 0.15) is 0 Å². The average molecular weight is 569 g/mol. The summed E-state index contributed by atoms with van der Waals surface area (Å²) in [6, 6.07) is 14.6. The van der Waals surface area contributed by atoms with Gasteiger partial charge >= 0.3 is 0 Å². The fourth-order valence-electron chi connectivity index (χ4n) is 3.18. The molecule has 15 heteroatoms. The van der Waals surface area contributed by atoms with Crippen LogP contribution in [0.15, 0.2) is 71.6 Å². The number of carbonyl (C=O) groups is 1. The zero-order valence-electron chi connectivity index (χ0n) is 19.4. The van der Waals surface area contributed by atoms with Crippen molar-refractivity contribution >= 4 is 60.3 Å². The second-order valence-corrected chi connectivity index (χ2v) is 11.6. The Hall–Kier alpha value is -3.88. The summed E-state index contributed by atoms with van der Waals surface area (Å²) in [5.74, 6) is -0.780. The maximum atomic E-state index is 12.7. The van der Waals surface area contributed by atoms with Crippen molar-refractivity contribution in [3.05, 3.63) is 81.9 Å². The number of amides is 1. The van der Waals surface area contributed by atoms with Crippen LogP contribution in [0.3, 0.4) is 0 Å². The zero-order valence-corrected chi connectivity index (χ0v) is 21.8. The van der Waals surface area contributed by atoms with Crippen molar-refractivity contribution in [2.45, 2.75) is 4.90 Å². The number of benzene rings is 3. The second-order valence-electron chi connectivity index (χ2n) is 7.57. The lowest BCUT2D eigenvalue weighted by Gasteiger charge is -2.23. The first kappa shape index (κ1) is 27.7. The number of sulfonamides is 2. The SMILES string of the molecule is COc1ccc([N+](=O)[O-])cc1N(CC(=O)Nc1ccc(S(=O)(=O)Nc2cccc(Cl)c2)cc1)S(C)(=O)=O. The summed E-state index contributed by atoms with van der Waals surface area (Å²) in [5.41, 5.74) is -0.135. The third-order valence-corrected chi connectivity index (χ3v) is 7.61. The Morgan fingerprint density at radius 3 is 2.27 bits per heavy atom. The Balaban J connectivity index is 1.79.